The van der Waals surface area contributed by atoms with Gasteiger partial charge in [0.1, 0.15) is 24.4 Å². The Morgan fingerprint density at radius 3 is 1.49 bits per heavy atom. The summed E-state index contributed by atoms with van der Waals surface area (Å²) < 4.78 is 6.04. The molecule has 51 heavy (non-hydrogen) atoms. The second-order valence-corrected chi connectivity index (χ2v) is 15.0. The lowest BCUT2D eigenvalue weighted by Gasteiger charge is -2.47. The Labute approximate surface area is 310 Å². The number of unbranched alkanes of at least 4 members (excludes halogenated alkanes) is 23. The molecule has 0 bridgehead atoms. The van der Waals surface area contributed by atoms with Crippen LogP contribution in [0.15, 0.2) is 0 Å². The van der Waals surface area contributed by atoms with E-state index in [0.717, 1.165) is 38.5 Å². The van der Waals surface area contributed by atoms with E-state index in [2.05, 4.69) is 19.2 Å². The third kappa shape index (κ3) is 21.5. The van der Waals surface area contributed by atoms with Crippen LogP contribution >= 0.6 is 0 Å². The molecule has 6 atom stereocenters. The number of ether oxygens (including phenoxy) is 1. The smallest absolute Gasteiger partial charge is 0.237 e. The Kier molecular flexibility index (Phi) is 28.4. The summed E-state index contributed by atoms with van der Waals surface area (Å²) in [6, 6.07) is -2.49. The average Bonchev–Trinajstić information content (AvgIpc) is 3.11. The van der Waals surface area contributed by atoms with E-state index < -0.39 is 61.5 Å². The second-order valence-electron chi connectivity index (χ2n) is 15.0. The van der Waals surface area contributed by atoms with Gasteiger partial charge in [0.05, 0.1) is 19.1 Å². The van der Waals surface area contributed by atoms with E-state index in [-0.39, 0.29) is 5.91 Å². The van der Waals surface area contributed by atoms with Crippen LogP contribution in [0.5, 0.6) is 0 Å². The number of rotatable bonds is 33. The summed E-state index contributed by atoms with van der Waals surface area (Å²) in [4.78, 5) is 39.6. The maximum Gasteiger partial charge on any atom is 0.237 e. The standard InChI is InChI=1S/C40H78N4O7/c1-3-5-7-9-11-13-14-15-16-17-18-19-21-23-25-27-29-44(35(47)28-26-24-22-20-12-10-8-6-4-2)40-36(38(49)37(48)33(31-45)51-40)43-39(50)32(41)30-34(42)46/h32-33,36-38,40,45,48-49H,3-31,41H2,1-2H3,(H2,42,46)(H,43,50)/t32-,33+,36+,37+,38+,40+/m0/s1. The molecule has 1 aliphatic heterocycles. The molecule has 0 radical (unpaired) electrons. The molecule has 0 saturated carbocycles. The normalized spacial score (nSPS) is 21.0. The van der Waals surface area contributed by atoms with Crippen molar-refractivity contribution in [1.29, 1.82) is 0 Å². The van der Waals surface area contributed by atoms with Crippen molar-refractivity contribution in [2.45, 2.75) is 224 Å². The van der Waals surface area contributed by atoms with Crippen LogP contribution in [0, 0.1) is 0 Å². The van der Waals surface area contributed by atoms with Crippen LogP contribution in [0.25, 0.3) is 0 Å². The van der Waals surface area contributed by atoms with Crippen molar-refractivity contribution in [3.63, 3.8) is 0 Å². The van der Waals surface area contributed by atoms with Crippen LogP contribution in [-0.4, -0.2) is 87.7 Å². The van der Waals surface area contributed by atoms with Gasteiger partial charge in [-0.05, 0) is 12.8 Å². The summed E-state index contributed by atoms with van der Waals surface area (Å²) in [5, 5.41) is 34.3. The minimum atomic E-state index is -1.54. The Morgan fingerprint density at radius 1 is 0.667 bits per heavy atom. The molecule has 1 heterocycles. The van der Waals surface area contributed by atoms with E-state index in [1.807, 2.05) is 0 Å². The summed E-state index contributed by atoms with van der Waals surface area (Å²) in [5.74, 6) is -1.67. The number of aliphatic hydroxyl groups excluding tert-OH is 3. The maximum absolute atomic E-state index is 13.8. The topological polar surface area (TPSA) is 188 Å². The van der Waals surface area contributed by atoms with Crippen LogP contribution in [-0.2, 0) is 19.1 Å². The molecule has 1 saturated heterocycles. The van der Waals surface area contributed by atoms with Crippen molar-refractivity contribution in [2.75, 3.05) is 13.2 Å². The number of hydrogen-bond donors (Lipinski definition) is 6. The first kappa shape index (κ1) is 47.2. The van der Waals surface area contributed by atoms with Crippen LogP contribution < -0.4 is 16.8 Å². The molecule has 0 aromatic rings. The zero-order chi connectivity index (χ0) is 37.7. The van der Waals surface area contributed by atoms with Gasteiger partial charge in [0, 0.05) is 13.0 Å². The van der Waals surface area contributed by atoms with Crippen molar-refractivity contribution in [3.8, 4) is 0 Å². The molecule has 11 nitrogen and oxygen atoms in total. The van der Waals surface area contributed by atoms with Gasteiger partial charge in [0.15, 0.2) is 6.23 Å². The Bertz CT molecular complexity index is 895. The van der Waals surface area contributed by atoms with Crippen LogP contribution in [0.1, 0.15) is 187 Å². The molecule has 8 N–H and O–H groups in total. The minimum Gasteiger partial charge on any atom is -0.394 e. The van der Waals surface area contributed by atoms with E-state index in [9.17, 15) is 29.7 Å². The predicted molar refractivity (Wildman–Crippen MR) is 205 cm³/mol. The molecule has 0 aromatic heterocycles. The molecule has 0 aromatic carbocycles. The maximum atomic E-state index is 13.8. The van der Waals surface area contributed by atoms with E-state index >= 15 is 0 Å². The van der Waals surface area contributed by atoms with Gasteiger partial charge in [0.25, 0.3) is 0 Å². The SMILES string of the molecule is CCCCCCCCCCCCCCCCCCN(C(=O)CCCCCCCCCCC)[C@@H]1O[C@H](CO)[C@@H](O)[C@H](O)[C@H]1NC(=O)[C@@H](N)CC(N)=O. The summed E-state index contributed by atoms with van der Waals surface area (Å²) in [6.45, 7) is 4.24. The predicted octanol–water partition coefficient (Wildman–Crippen LogP) is 6.12. The fourth-order valence-corrected chi connectivity index (χ4v) is 7.06. The van der Waals surface area contributed by atoms with Gasteiger partial charge < -0.3 is 41.7 Å². The number of amides is 3. The quantitative estimate of drug-likeness (QED) is 0.0436. The Hall–Kier alpha value is -1.79. The summed E-state index contributed by atoms with van der Waals surface area (Å²) in [6.07, 6.45) is 24.3. The fourth-order valence-electron chi connectivity index (χ4n) is 7.06. The number of nitrogens with two attached hydrogens (primary N) is 2. The fraction of sp³-hybridized carbons (Fsp3) is 0.925. The van der Waals surface area contributed by atoms with Gasteiger partial charge in [-0.15, -0.1) is 0 Å². The van der Waals surface area contributed by atoms with Crippen LogP contribution in [0.4, 0.5) is 0 Å². The highest BCUT2D eigenvalue weighted by atomic mass is 16.5. The second kappa shape index (κ2) is 30.6. The van der Waals surface area contributed by atoms with Gasteiger partial charge >= 0.3 is 0 Å². The Balaban J connectivity index is 2.72. The van der Waals surface area contributed by atoms with Gasteiger partial charge in [-0.2, -0.15) is 0 Å². The number of aliphatic hydroxyl groups is 3. The van der Waals surface area contributed by atoms with E-state index in [1.165, 1.54) is 109 Å². The van der Waals surface area contributed by atoms with Crippen molar-refractivity contribution in [1.82, 2.24) is 10.2 Å². The molecule has 300 valence electrons. The number of hydrogen-bond acceptors (Lipinski definition) is 8. The molecule has 0 aliphatic carbocycles. The highest BCUT2D eigenvalue weighted by Gasteiger charge is 2.48. The zero-order valence-electron chi connectivity index (χ0n) is 32.5. The van der Waals surface area contributed by atoms with Crippen molar-refractivity contribution in [3.05, 3.63) is 0 Å². The van der Waals surface area contributed by atoms with E-state index in [1.54, 1.807) is 4.90 Å². The van der Waals surface area contributed by atoms with Crippen molar-refractivity contribution < 1.29 is 34.4 Å². The number of carbonyl (C=O) groups excluding carboxylic acids is 3. The molecular formula is C40H78N4O7. The van der Waals surface area contributed by atoms with Crippen molar-refractivity contribution in [2.24, 2.45) is 11.5 Å². The van der Waals surface area contributed by atoms with Crippen molar-refractivity contribution >= 4 is 17.7 Å². The lowest BCUT2D eigenvalue weighted by Crippen LogP contribution is -2.69. The van der Waals surface area contributed by atoms with Gasteiger partial charge in [0.2, 0.25) is 17.7 Å². The highest BCUT2D eigenvalue weighted by Crippen LogP contribution is 2.26. The number of carbonyl (C=O) groups is 3. The lowest BCUT2D eigenvalue weighted by molar-refractivity contribution is -0.231. The first-order chi connectivity index (χ1) is 24.7. The first-order valence-corrected chi connectivity index (χ1v) is 20.9. The molecular weight excluding hydrogens is 648 g/mol. The average molecular weight is 727 g/mol. The summed E-state index contributed by atoms with van der Waals surface area (Å²) in [5.41, 5.74) is 11.1. The van der Waals surface area contributed by atoms with Gasteiger partial charge in [-0.1, -0.05) is 162 Å². The molecule has 1 rings (SSSR count). The van der Waals surface area contributed by atoms with Gasteiger partial charge in [-0.3, -0.25) is 14.4 Å². The monoisotopic (exact) mass is 727 g/mol. The number of primary amides is 1. The lowest BCUT2D eigenvalue weighted by atomic mass is 9.94. The first-order valence-electron chi connectivity index (χ1n) is 20.9. The molecule has 3 amide bonds. The number of nitrogens with one attached hydrogen (secondary N) is 1. The molecule has 1 aliphatic rings. The number of nitrogens with zero attached hydrogens (tertiary/aromatic N) is 1. The third-order valence-corrected chi connectivity index (χ3v) is 10.3. The van der Waals surface area contributed by atoms with Crippen LogP contribution in [0.2, 0.25) is 0 Å². The molecule has 11 heteroatoms. The summed E-state index contributed by atoms with van der Waals surface area (Å²) >= 11 is 0. The third-order valence-electron chi connectivity index (χ3n) is 10.3. The molecule has 0 spiro atoms. The van der Waals surface area contributed by atoms with Crippen LogP contribution in [0.3, 0.4) is 0 Å². The van der Waals surface area contributed by atoms with E-state index in [4.69, 9.17) is 16.2 Å². The Morgan fingerprint density at radius 2 is 1.08 bits per heavy atom. The highest BCUT2D eigenvalue weighted by molar-refractivity contribution is 5.87. The largest absolute Gasteiger partial charge is 0.394 e. The summed E-state index contributed by atoms with van der Waals surface area (Å²) in [7, 11) is 0. The minimum absolute atomic E-state index is 0.162. The zero-order valence-corrected chi connectivity index (χ0v) is 32.5. The molecule has 1 fully saturated rings. The van der Waals surface area contributed by atoms with Gasteiger partial charge in [-0.25, -0.2) is 0 Å². The molecule has 0 unspecified atom stereocenters. The van der Waals surface area contributed by atoms with E-state index in [0.29, 0.717) is 25.8 Å².